The van der Waals surface area contributed by atoms with Crippen molar-refractivity contribution in [3.8, 4) is 22.3 Å². The molecule has 0 bridgehead atoms. The Labute approximate surface area is 300 Å². The predicted octanol–water partition coefficient (Wildman–Crippen LogP) is 11.5. The fraction of sp³-hybridized carbons (Fsp3) is 0.100. The normalized spacial score (nSPS) is 16.9. The van der Waals surface area contributed by atoms with Crippen LogP contribution in [0.15, 0.2) is 131 Å². The van der Waals surface area contributed by atoms with Gasteiger partial charge < -0.3 is 8.83 Å². The number of furan rings is 2. The Morgan fingerprint density at radius 2 is 0.957 bits per heavy atom. The van der Waals surface area contributed by atoms with Gasteiger partial charge in [0.1, 0.15) is 11.5 Å². The second kappa shape index (κ2) is 12.7. The zero-order chi connectivity index (χ0) is 30.7. The molecule has 0 amide bonds. The van der Waals surface area contributed by atoms with Crippen molar-refractivity contribution < 1.29 is 35.0 Å². The Morgan fingerprint density at radius 1 is 0.543 bits per heavy atom. The van der Waals surface area contributed by atoms with E-state index in [4.69, 9.17) is 32.0 Å². The quantitative estimate of drug-likeness (QED) is 0.160. The third-order valence-electron chi connectivity index (χ3n) is 8.81. The molecule has 2 aromatic heterocycles. The summed E-state index contributed by atoms with van der Waals surface area (Å²) in [6.45, 7) is 4.33. The maximum absolute atomic E-state index is 7.45. The molecule has 2 heterocycles. The van der Waals surface area contributed by atoms with Crippen LogP contribution in [0.3, 0.4) is 0 Å². The largest absolute Gasteiger partial charge is 0.465 e. The zero-order valence-corrected chi connectivity index (χ0v) is 30.2. The van der Waals surface area contributed by atoms with E-state index in [0.29, 0.717) is 9.52 Å². The third-order valence-corrected chi connectivity index (χ3v) is 11.5. The van der Waals surface area contributed by atoms with E-state index < -0.39 is 0 Å². The van der Waals surface area contributed by atoms with Crippen molar-refractivity contribution in [2.75, 3.05) is 0 Å². The zero-order valence-electron chi connectivity index (χ0n) is 25.3. The van der Waals surface area contributed by atoms with E-state index in [1.165, 1.54) is 22.3 Å². The second-order valence-electron chi connectivity index (χ2n) is 11.7. The van der Waals surface area contributed by atoms with Crippen LogP contribution in [-0.4, -0.2) is 9.52 Å². The van der Waals surface area contributed by atoms with Crippen molar-refractivity contribution in [3.63, 3.8) is 0 Å². The predicted molar refractivity (Wildman–Crippen MR) is 187 cm³/mol. The summed E-state index contributed by atoms with van der Waals surface area (Å²) in [5.41, 5.74) is 13.6. The van der Waals surface area contributed by atoms with Crippen LogP contribution in [0.1, 0.15) is 56.0 Å². The van der Waals surface area contributed by atoms with Crippen molar-refractivity contribution in [1.82, 2.24) is 0 Å². The van der Waals surface area contributed by atoms with Gasteiger partial charge in [0.2, 0.25) is 0 Å². The topological polar surface area (TPSA) is 26.3 Å². The Hall–Kier alpha value is -3.40. The van der Waals surface area contributed by atoms with Crippen molar-refractivity contribution >= 4 is 53.9 Å². The molecule has 0 N–H and O–H groups in total. The van der Waals surface area contributed by atoms with E-state index in [1.54, 1.807) is 12.5 Å². The van der Waals surface area contributed by atoms with Crippen LogP contribution in [-0.2, 0) is 26.2 Å². The Balaban J connectivity index is 0.00000338. The van der Waals surface area contributed by atoms with E-state index in [0.717, 1.165) is 66.1 Å². The molecule has 46 heavy (non-hydrogen) atoms. The molecule has 0 saturated heterocycles. The minimum Gasteiger partial charge on any atom is -0.465 e. The summed E-state index contributed by atoms with van der Waals surface area (Å²) >= 11 is 14.9. The summed E-state index contributed by atoms with van der Waals surface area (Å²) in [6, 6.07) is 38.0. The molecule has 2 aliphatic rings. The molecular weight excluding hydrogens is 703 g/mol. The van der Waals surface area contributed by atoms with Gasteiger partial charge in [-0.3, -0.25) is 0 Å². The molecule has 0 saturated carbocycles. The van der Waals surface area contributed by atoms with Crippen molar-refractivity contribution in [1.29, 1.82) is 0 Å². The van der Waals surface area contributed by atoms with E-state index in [-0.39, 0.29) is 37.3 Å². The average Bonchev–Trinajstić information content (AvgIpc) is 3.86. The summed E-state index contributed by atoms with van der Waals surface area (Å²) in [5.74, 6) is 1.60. The van der Waals surface area contributed by atoms with Gasteiger partial charge in [-0.15, -0.1) is 0 Å². The maximum atomic E-state index is 7.45. The van der Waals surface area contributed by atoms with Crippen LogP contribution in [0.5, 0.6) is 0 Å². The van der Waals surface area contributed by atoms with Crippen LogP contribution in [0.4, 0.5) is 0 Å². The summed E-state index contributed by atoms with van der Waals surface area (Å²) in [7, 11) is 0.378. The Morgan fingerprint density at radius 3 is 1.33 bits per heavy atom. The molecule has 0 fully saturated rings. The molecular formula is C40H28Cl2O2SiZr. The first kappa shape index (κ1) is 31.2. The van der Waals surface area contributed by atoms with E-state index in [2.05, 4.69) is 86.6 Å². The molecule has 0 aliphatic heterocycles. The number of hydrogen-bond acceptors (Lipinski definition) is 2. The van der Waals surface area contributed by atoms with Crippen molar-refractivity contribution in [2.45, 2.75) is 24.9 Å². The van der Waals surface area contributed by atoms with Crippen LogP contribution >= 0.6 is 23.2 Å². The monoisotopic (exact) mass is 728 g/mol. The summed E-state index contributed by atoms with van der Waals surface area (Å²) < 4.78 is 12.2. The first-order valence-electron chi connectivity index (χ1n) is 15.0. The molecule has 4 aromatic carbocycles. The van der Waals surface area contributed by atoms with Gasteiger partial charge >= 0.3 is 0 Å². The van der Waals surface area contributed by atoms with Crippen LogP contribution < -0.4 is 0 Å². The van der Waals surface area contributed by atoms with Crippen LogP contribution in [0.2, 0.25) is 0 Å². The molecule has 2 atom stereocenters. The molecule has 6 aromatic rings. The van der Waals surface area contributed by atoms with E-state index >= 15 is 0 Å². The van der Waals surface area contributed by atoms with Gasteiger partial charge in [-0.2, -0.15) is 0 Å². The molecule has 8 rings (SSSR count). The molecule has 2 unspecified atom stereocenters. The average molecular weight is 731 g/mol. The SMILES string of the molecule is Cc1cc(-c2ccccc2)c2c(c1)C([Si]C1C(c3ccco3)=C(Cl)c3c(-c4ccccc4)cc(C)cc31)C(c1ccco1)=C2Cl.[Zr]. The fourth-order valence-corrected chi connectivity index (χ4v) is 10.0. The Kier molecular flexibility index (Phi) is 8.59. The second-order valence-corrected chi connectivity index (χ2v) is 14.0. The summed E-state index contributed by atoms with van der Waals surface area (Å²) in [5, 5.41) is 1.50. The van der Waals surface area contributed by atoms with E-state index in [9.17, 15) is 0 Å². The van der Waals surface area contributed by atoms with Crippen LogP contribution in [0.25, 0.3) is 43.5 Å². The number of benzene rings is 4. The number of aryl methyl sites for hydroxylation is 2. The molecule has 2 radical (unpaired) electrons. The van der Waals surface area contributed by atoms with Gasteiger partial charge in [0.25, 0.3) is 0 Å². The van der Waals surface area contributed by atoms with Crippen molar-refractivity contribution in [2.24, 2.45) is 0 Å². The first-order valence-corrected chi connectivity index (χ1v) is 16.9. The van der Waals surface area contributed by atoms with Gasteiger partial charge in [-0.1, -0.05) is 119 Å². The minimum absolute atomic E-state index is 0. The number of fused-ring (bicyclic) bond motifs is 2. The Bertz CT molecular complexity index is 1960. The van der Waals surface area contributed by atoms with Crippen molar-refractivity contribution in [3.05, 3.63) is 167 Å². The van der Waals surface area contributed by atoms with Gasteiger partial charge in [0.15, 0.2) is 0 Å². The summed E-state index contributed by atoms with van der Waals surface area (Å²) in [4.78, 5) is 0. The number of halogens is 2. The van der Waals surface area contributed by atoms with Gasteiger partial charge in [0.05, 0.1) is 32.1 Å². The van der Waals surface area contributed by atoms with Crippen LogP contribution in [0, 0.1) is 13.8 Å². The molecule has 0 spiro atoms. The number of allylic oxidation sites excluding steroid dienone is 2. The van der Waals surface area contributed by atoms with Gasteiger partial charge in [-0.05, 0) is 71.5 Å². The first-order chi connectivity index (χ1) is 22.0. The minimum atomic E-state index is -0.00733. The maximum Gasteiger partial charge on any atom is 0.131 e. The molecule has 6 heteroatoms. The number of rotatable bonds is 6. The number of hydrogen-bond donors (Lipinski definition) is 0. The molecule has 2 aliphatic carbocycles. The third kappa shape index (κ3) is 5.20. The fourth-order valence-electron chi connectivity index (χ4n) is 6.98. The van der Waals surface area contributed by atoms with E-state index in [1.807, 2.05) is 36.4 Å². The van der Waals surface area contributed by atoms with Gasteiger partial charge in [-0.25, -0.2) is 0 Å². The standard InChI is InChI=1S/C40H28Cl2O2Si.Zr/c1-23-19-27(25-11-5-3-6-12-25)33-29(21-23)39(35(37(33)41)31-15-9-17-43-31)45-40-30-22-24(2)20-28(26-13-7-4-8-14-26)34(30)38(42)36(40)32-16-10-18-44-32;/h3-22,39-40H,1-2H3;. The van der Waals surface area contributed by atoms with Gasteiger partial charge in [0, 0.05) is 59.6 Å². The molecule has 2 nitrogen and oxygen atoms in total. The smallest absolute Gasteiger partial charge is 0.131 e. The molecule has 222 valence electrons. The summed E-state index contributed by atoms with van der Waals surface area (Å²) in [6.07, 6.45) is 3.45.